The molecule has 0 unspecified atom stereocenters. The normalized spacial score (nSPS) is 10.2. The van der Waals surface area contributed by atoms with Crippen molar-refractivity contribution in [3.05, 3.63) is 52.7 Å². The average Bonchev–Trinajstić information content (AvgIpc) is 3.09. The molecule has 0 N–H and O–H groups in total. The van der Waals surface area contributed by atoms with Crippen LogP contribution in [-0.4, -0.2) is 9.38 Å². The summed E-state index contributed by atoms with van der Waals surface area (Å²) < 4.78 is 2.01. The molecule has 4 nitrogen and oxygen atoms in total. The van der Waals surface area contributed by atoms with Gasteiger partial charge in [0.15, 0.2) is 4.96 Å². The Morgan fingerprint density at radius 3 is 2.45 bits per heavy atom. The number of thiazole rings is 1. The molecule has 0 aliphatic rings. The molecule has 3 aromatic rings. The first-order valence-electron chi connectivity index (χ1n) is 6.71. The summed E-state index contributed by atoms with van der Waals surface area (Å²) in [4.78, 5) is 6.44. The van der Waals surface area contributed by atoms with Crippen LogP contribution < -0.4 is 0 Å². The molecule has 0 saturated carbocycles. The molecule has 0 saturated heterocycles. The van der Waals surface area contributed by atoms with E-state index >= 15 is 0 Å². The van der Waals surface area contributed by atoms with Crippen LogP contribution in [0.4, 0.5) is 0 Å². The molecule has 0 bridgehead atoms. The number of allylic oxidation sites excluding steroid dienone is 2. The van der Waals surface area contributed by atoms with Gasteiger partial charge in [-0.15, -0.1) is 0 Å². The van der Waals surface area contributed by atoms with E-state index in [0.29, 0.717) is 5.57 Å². The van der Waals surface area contributed by atoms with Gasteiger partial charge in [0.1, 0.15) is 17.7 Å². The predicted octanol–water partition coefficient (Wildman–Crippen LogP) is 4.19. The van der Waals surface area contributed by atoms with Gasteiger partial charge >= 0.3 is 0 Å². The number of nitrogens with zero attached hydrogens (tertiary/aromatic N) is 4. The van der Waals surface area contributed by atoms with Gasteiger partial charge in [0, 0.05) is 17.5 Å². The predicted molar refractivity (Wildman–Crippen MR) is 87.1 cm³/mol. The van der Waals surface area contributed by atoms with Crippen LogP contribution in [0.15, 0.2) is 42.1 Å². The second kappa shape index (κ2) is 5.48. The smallest absolute Gasteiger partial charge is 0.195 e. The van der Waals surface area contributed by atoms with Gasteiger partial charge in [-0.2, -0.15) is 10.5 Å². The third kappa shape index (κ3) is 2.18. The first-order valence-corrected chi connectivity index (χ1v) is 7.52. The van der Waals surface area contributed by atoms with Crippen molar-refractivity contribution in [2.75, 3.05) is 0 Å². The molecule has 3 rings (SSSR count). The summed E-state index contributed by atoms with van der Waals surface area (Å²) >= 11 is 1.50. The SMILES string of the molecule is CC(=C(C#N)C#N)c1sc2nc(-c3ccccc3)cn2c1C. The second-order valence-electron chi connectivity index (χ2n) is 4.88. The zero-order valence-corrected chi connectivity index (χ0v) is 13.0. The molecule has 0 aliphatic heterocycles. The summed E-state index contributed by atoms with van der Waals surface area (Å²) in [5.74, 6) is 0. The van der Waals surface area contributed by atoms with E-state index in [1.165, 1.54) is 11.3 Å². The molecule has 0 amide bonds. The van der Waals surface area contributed by atoms with Crippen LogP contribution >= 0.6 is 11.3 Å². The van der Waals surface area contributed by atoms with Crippen molar-refractivity contribution in [2.45, 2.75) is 13.8 Å². The highest BCUT2D eigenvalue weighted by molar-refractivity contribution is 7.18. The van der Waals surface area contributed by atoms with Gasteiger partial charge in [-0.25, -0.2) is 4.98 Å². The second-order valence-corrected chi connectivity index (χ2v) is 5.86. The van der Waals surface area contributed by atoms with E-state index in [1.54, 1.807) is 6.92 Å². The summed E-state index contributed by atoms with van der Waals surface area (Å²) in [6, 6.07) is 13.9. The van der Waals surface area contributed by atoms with Crippen molar-refractivity contribution in [1.29, 1.82) is 10.5 Å². The van der Waals surface area contributed by atoms with Crippen molar-refractivity contribution in [3.8, 4) is 23.4 Å². The molecule has 5 heteroatoms. The number of nitriles is 2. The van der Waals surface area contributed by atoms with Gasteiger partial charge in [-0.1, -0.05) is 41.7 Å². The topological polar surface area (TPSA) is 64.9 Å². The Morgan fingerprint density at radius 2 is 1.86 bits per heavy atom. The maximum atomic E-state index is 9.02. The molecule has 106 valence electrons. The Balaban J connectivity index is 2.15. The third-order valence-corrected chi connectivity index (χ3v) is 4.84. The van der Waals surface area contributed by atoms with Crippen molar-refractivity contribution < 1.29 is 0 Å². The average molecular weight is 304 g/mol. The van der Waals surface area contributed by atoms with Crippen LogP contribution in [0.25, 0.3) is 21.8 Å². The van der Waals surface area contributed by atoms with Crippen LogP contribution in [0.1, 0.15) is 17.5 Å². The van der Waals surface area contributed by atoms with Gasteiger partial charge in [-0.05, 0) is 19.4 Å². The van der Waals surface area contributed by atoms with E-state index in [4.69, 9.17) is 10.5 Å². The van der Waals surface area contributed by atoms with Crippen molar-refractivity contribution in [3.63, 3.8) is 0 Å². The van der Waals surface area contributed by atoms with E-state index in [1.807, 2.05) is 60.0 Å². The molecule has 0 fully saturated rings. The Kier molecular flexibility index (Phi) is 3.50. The number of fused-ring (bicyclic) bond motifs is 1. The first kappa shape index (κ1) is 14.1. The minimum absolute atomic E-state index is 0.149. The number of hydrogen-bond acceptors (Lipinski definition) is 4. The van der Waals surface area contributed by atoms with E-state index < -0.39 is 0 Å². The van der Waals surface area contributed by atoms with E-state index in [0.717, 1.165) is 26.8 Å². The summed E-state index contributed by atoms with van der Waals surface area (Å²) in [6.45, 7) is 3.78. The van der Waals surface area contributed by atoms with Crippen LogP contribution in [0.3, 0.4) is 0 Å². The Labute approximate surface area is 132 Å². The van der Waals surface area contributed by atoms with Crippen molar-refractivity contribution in [2.24, 2.45) is 0 Å². The van der Waals surface area contributed by atoms with E-state index in [-0.39, 0.29) is 5.57 Å². The summed E-state index contributed by atoms with van der Waals surface area (Å²) in [7, 11) is 0. The fraction of sp³-hybridized carbons (Fsp3) is 0.118. The van der Waals surface area contributed by atoms with Gasteiger partial charge < -0.3 is 0 Å². The van der Waals surface area contributed by atoms with Crippen molar-refractivity contribution in [1.82, 2.24) is 9.38 Å². The summed E-state index contributed by atoms with van der Waals surface area (Å²) in [5, 5.41) is 18.0. The highest BCUT2D eigenvalue weighted by Gasteiger charge is 2.15. The standard InChI is InChI=1S/C17H12N4S/c1-11(14(8-18)9-19)16-12(2)21-10-15(20-17(21)22-16)13-6-4-3-5-7-13/h3-7,10H,1-2H3. The lowest BCUT2D eigenvalue weighted by Crippen LogP contribution is -1.88. The van der Waals surface area contributed by atoms with Crippen molar-refractivity contribution >= 4 is 21.9 Å². The monoisotopic (exact) mass is 304 g/mol. The highest BCUT2D eigenvalue weighted by Crippen LogP contribution is 2.32. The van der Waals surface area contributed by atoms with Crippen LogP contribution in [0, 0.1) is 29.6 Å². The molecule has 0 atom stereocenters. The van der Waals surface area contributed by atoms with Crippen LogP contribution in [0.2, 0.25) is 0 Å². The maximum Gasteiger partial charge on any atom is 0.195 e. The number of aromatic nitrogens is 2. The minimum Gasteiger partial charge on any atom is -0.294 e. The number of aryl methyl sites for hydroxylation is 1. The molecule has 2 aromatic heterocycles. The van der Waals surface area contributed by atoms with E-state index in [2.05, 4.69) is 4.98 Å². The molecule has 0 spiro atoms. The maximum absolute atomic E-state index is 9.02. The fourth-order valence-corrected chi connectivity index (χ4v) is 3.47. The molecular weight excluding hydrogens is 292 g/mol. The number of rotatable bonds is 2. The molecule has 2 heterocycles. The lowest BCUT2D eigenvalue weighted by Gasteiger charge is -1.99. The van der Waals surface area contributed by atoms with Gasteiger partial charge in [-0.3, -0.25) is 4.40 Å². The number of benzene rings is 1. The Bertz CT molecular complexity index is 946. The van der Waals surface area contributed by atoms with E-state index in [9.17, 15) is 0 Å². The lowest BCUT2D eigenvalue weighted by molar-refractivity contribution is 1.12. The molecule has 1 aromatic carbocycles. The van der Waals surface area contributed by atoms with Gasteiger partial charge in [0.25, 0.3) is 0 Å². The van der Waals surface area contributed by atoms with Crippen LogP contribution in [0.5, 0.6) is 0 Å². The van der Waals surface area contributed by atoms with Crippen LogP contribution in [-0.2, 0) is 0 Å². The highest BCUT2D eigenvalue weighted by atomic mass is 32.1. The largest absolute Gasteiger partial charge is 0.294 e. The molecule has 0 radical (unpaired) electrons. The van der Waals surface area contributed by atoms with Gasteiger partial charge in [0.05, 0.1) is 10.6 Å². The summed E-state index contributed by atoms with van der Waals surface area (Å²) in [5.41, 5.74) is 3.84. The lowest BCUT2D eigenvalue weighted by atomic mass is 10.1. The van der Waals surface area contributed by atoms with Gasteiger partial charge in [0.2, 0.25) is 0 Å². The summed E-state index contributed by atoms with van der Waals surface area (Å²) in [6.07, 6.45) is 1.99. The number of imidazole rings is 1. The quantitative estimate of drug-likeness (QED) is 0.667. The molecule has 22 heavy (non-hydrogen) atoms. The minimum atomic E-state index is 0.149. The molecular formula is C17H12N4S. The fourth-order valence-electron chi connectivity index (χ4n) is 2.35. The third-order valence-electron chi connectivity index (χ3n) is 3.57. The molecule has 0 aliphatic carbocycles. The zero-order chi connectivity index (χ0) is 15.7. The zero-order valence-electron chi connectivity index (χ0n) is 12.2. The Morgan fingerprint density at radius 1 is 1.18 bits per heavy atom. The first-order chi connectivity index (χ1) is 10.7. The Hall–Kier alpha value is -2.89. The number of hydrogen-bond donors (Lipinski definition) is 0.